The number of rotatable bonds is 2. The molecule has 0 radical (unpaired) electrons. The molecule has 11 heteroatoms. The van der Waals surface area contributed by atoms with Gasteiger partial charge in [0.1, 0.15) is 11.7 Å². The molecule has 1 amide bonds. The Kier molecular flexibility index (Phi) is 3.64. The SMILES string of the molecule is CS(=O)(=O)N1CCCN2C(=O)c3c(O)c(=O)c(C(=O)O)cn3CC21. The van der Waals surface area contributed by atoms with Crippen LogP contribution in [0, 0.1) is 0 Å². The molecule has 0 bridgehead atoms. The van der Waals surface area contributed by atoms with Gasteiger partial charge in [-0.2, -0.15) is 4.31 Å². The molecule has 3 rings (SSSR count). The fourth-order valence-corrected chi connectivity index (χ4v) is 4.23. The van der Waals surface area contributed by atoms with Crippen LogP contribution in [-0.2, 0) is 16.6 Å². The lowest BCUT2D eigenvalue weighted by Gasteiger charge is -2.45. The highest BCUT2D eigenvalue weighted by Gasteiger charge is 2.43. The second-order valence-corrected chi connectivity index (χ2v) is 7.67. The largest absolute Gasteiger partial charge is 0.503 e. The first-order valence-corrected chi connectivity index (χ1v) is 8.95. The summed E-state index contributed by atoms with van der Waals surface area (Å²) in [4.78, 5) is 36.9. The molecule has 1 unspecified atom stereocenters. The summed E-state index contributed by atoms with van der Waals surface area (Å²) in [7, 11) is -3.58. The first-order valence-electron chi connectivity index (χ1n) is 7.10. The van der Waals surface area contributed by atoms with Gasteiger partial charge in [-0.05, 0) is 6.42 Å². The van der Waals surface area contributed by atoms with E-state index < -0.39 is 44.8 Å². The van der Waals surface area contributed by atoms with Crippen LogP contribution in [-0.4, -0.2) is 69.8 Å². The minimum Gasteiger partial charge on any atom is -0.503 e. The van der Waals surface area contributed by atoms with Crippen LogP contribution in [0.15, 0.2) is 11.0 Å². The topological polar surface area (TPSA) is 137 Å². The molecule has 130 valence electrons. The Morgan fingerprint density at radius 3 is 2.54 bits per heavy atom. The van der Waals surface area contributed by atoms with Gasteiger partial charge in [-0.3, -0.25) is 9.59 Å². The quantitative estimate of drug-likeness (QED) is 0.671. The van der Waals surface area contributed by atoms with E-state index >= 15 is 0 Å². The number of carboxylic acid groups (broad SMARTS) is 1. The number of aromatic carboxylic acids is 1. The predicted octanol–water partition coefficient (Wildman–Crippen LogP) is -1.30. The molecule has 0 aromatic carbocycles. The zero-order valence-electron chi connectivity index (χ0n) is 12.7. The smallest absolute Gasteiger partial charge is 0.341 e. The van der Waals surface area contributed by atoms with Crippen LogP contribution in [0.4, 0.5) is 0 Å². The van der Waals surface area contributed by atoms with Crippen LogP contribution >= 0.6 is 0 Å². The Hall–Kier alpha value is -2.40. The molecule has 2 N–H and O–H groups in total. The Bertz CT molecular complexity index is 905. The predicted molar refractivity (Wildman–Crippen MR) is 80.3 cm³/mol. The number of nitrogens with zero attached hydrogens (tertiary/aromatic N) is 3. The van der Waals surface area contributed by atoms with Gasteiger partial charge in [-0.1, -0.05) is 0 Å². The maximum atomic E-state index is 12.6. The van der Waals surface area contributed by atoms with Crippen molar-refractivity contribution < 1.29 is 28.2 Å². The van der Waals surface area contributed by atoms with Gasteiger partial charge in [-0.15, -0.1) is 0 Å². The second-order valence-electron chi connectivity index (χ2n) is 5.73. The minimum atomic E-state index is -3.58. The molecular weight excluding hydrogens is 342 g/mol. The van der Waals surface area contributed by atoms with Crippen LogP contribution in [0.2, 0.25) is 0 Å². The molecule has 0 aliphatic carbocycles. The summed E-state index contributed by atoms with van der Waals surface area (Å²) >= 11 is 0. The van der Waals surface area contributed by atoms with E-state index in [9.17, 15) is 27.9 Å². The standard InChI is InChI=1S/C13H15N3O7S/c1-24(22,23)16-4-2-3-15-8(16)6-14-5-7(13(20)21)10(17)11(18)9(14)12(15)19/h5,8,18H,2-4,6H2,1H3,(H,20,21). The molecule has 0 spiro atoms. The Morgan fingerprint density at radius 1 is 1.29 bits per heavy atom. The molecule has 1 aromatic heterocycles. The van der Waals surface area contributed by atoms with E-state index in [-0.39, 0.29) is 25.3 Å². The third kappa shape index (κ3) is 2.36. The molecule has 3 heterocycles. The summed E-state index contributed by atoms with van der Waals surface area (Å²) in [5.41, 5.74) is -2.15. The van der Waals surface area contributed by atoms with Crippen molar-refractivity contribution in [3.63, 3.8) is 0 Å². The maximum Gasteiger partial charge on any atom is 0.341 e. The molecule has 24 heavy (non-hydrogen) atoms. The van der Waals surface area contributed by atoms with Crippen LogP contribution < -0.4 is 5.43 Å². The van der Waals surface area contributed by atoms with Gasteiger partial charge < -0.3 is 19.7 Å². The third-order valence-electron chi connectivity index (χ3n) is 4.21. The van der Waals surface area contributed by atoms with Gasteiger partial charge in [0.15, 0.2) is 11.4 Å². The number of sulfonamides is 1. The van der Waals surface area contributed by atoms with Crippen molar-refractivity contribution in [2.75, 3.05) is 19.3 Å². The first kappa shape index (κ1) is 16.5. The van der Waals surface area contributed by atoms with E-state index in [0.717, 1.165) is 21.3 Å². The summed E-state index contributed by atoms with van der Waals surface area (Å²) in [5, 5.41) is 19.0. The summed E-state index contributed by atoms with van der Waals surface area (Å²) in [5.74, 6) is -3.18. The van der Waals surface area contributed by atoms with Gasteiger partial charge in [0.2, 0.25) is 15.5 Å². The number of hydrogen-bond acceptors (Lipinski definition) is 6. The molecule has 1 saturated heterocycles. The molecule has 0 saturated carbocycles. The van der Waals surface area contributed by atoms with Gasteiger partial charge in [0.25, 0.3) is 5.91 Å². The van der Waals surface area contributed by atoms with Crippen LogP contribution in [0.25, 0.3) is 0 Å². The second kappa shape index (κ2) is 5.31. The van der Waals surface area contributed by atoms with Gasteiger partial charge >= 0.3 is 5.97 Å². The molecule has 2 aliphatic rings. The van der Waals surface area contributed by atoms with E-state index in [2.05, 4.69) is 0 Å². The number of hydrogen-bond donors (Lipinski definition) is 2. The maximum absolute atomic E-state index is 12.6. The Labute approximate surface area is 136 Å². The fourth-order valence-electron chi connectivity index (χ4n) is 3.15. The first-order chi connectivity index (χ1) is 11.1. The number of amides is 1. The van der Waals surface area contributed by atoms with Crippen molar-refractivity contribution in [3.05, 3.63) is 27.7 Å². The van der Waals surface area contributed by atoms with E-state index in [1.165, 1.54) is 4.90 Å². The lowest BCUT2D eigenvalue weighted by atomic mass is 10.1. The molecule has 1 aromatic rings. The van der Waals surface area contributed by atoms with Gasteiger partial charge in [0.05, 0.1) is 12.8 Å². The molecule has 1 fully saturated rings. The highest BCUT2D eigenvalue weighted by molar-refractivity contribution is 7.88. The van der Waals surface area contributed by atoms with Crippen molar-refractivity contribution >= 4 is 21.9 Å². The lowest BCUT2D eigenvalue weighted by Crippen LogP contribution is -2.61. The van der Waals surface area contributed by atoms with Crippen molar-refractivity contribution in [3.8, 4) is 5.75 Å². The highest BCUT2D eigenvalue weighted by Crippen LogP contribution is 2.29. The average molecular weight is 357 g/mol. The highest BCUT2D eigenvalue weighted by atomic mass is 32.2. The molecule has 2 aliphatic heterocycles. The summed E-state index contributed by atoms with van der Waals surface area (Å²) in [6.07, 6.45) is 1.59. The van der Waals surface area contributed by atoms with Crippen molar-refractivity contribution in [2.24, 2.45) is 0 Å². The molecule has 10 nitrogen and oxygen atoms in total. The van der Waals surface area contributed by atoms with Crippen molar-refractivity contribution in [1.29, 1.82) is 0 Å². The Balaban J connectivity index is 2.18. The zero-order chi connectivity index (χ0) is 17.8. The lowest BCUT2D eigenvalue weighted by molar-refractivity contribution is 0.0224. The zero-order valence-corrected chi connectivity index (χ0v) is 13.5. The fraction of sp³-hybridized carbons (Fsp3) is 0.462. The number of carboxylic acids is 1. The van der Waals surface area contributed by atoms with Gasteiger partial charge in [-0.25, -0.2) is 13.2 Å². The van der Waals surface area contributed by atoms with Crippen molar-refractivity contribution in [1.82, 2.24) is 13.8 Å². The van der Waals surface area contributed by atoms with Crippen molar-refractivity contribution in [2.45, 2.75) is 19.1 Å². The van der Waals surface area contributed by atoms with E-state index in [1.54, 1.807) is 0 Å². The molecular formula is C13H15N3O7S. The Morgan fingerprint density at radius 2 is 1.96 bits per heavy atom. The minimum absolute atomic E-state index is 0.0672. The van der Waals surface area contributed by atoms with Gasteiger partial charge in [0, 0.05) is 19.3 Å². The van der Waals surface area contributed by atoms with E-state index in [1.807, 2.05) is 0 Å². The van der Waals surface area contributed by atoms with Crippen LogP contribution in [0.1, 0.15) is 27.3 Å². The third-order valence-corrected chi connectivity index (χ3v) is 5.48. The number of aromatic nitrogens is 1. The van der Waals surface area contributed by atoms with E-state index in [4.69, 9.17) is 5.11 Å². The molecule has 1 atom stereocenters. The summed E-state index contributed by atoms with van der Waals surface area (Å²) in [6.45, 7) is 0.451. The summed E-state index contributed by atoms with van der Waals surface area (Å²) < 4.78 is 26.2. The summed E-state index contributed by atoms with van der Waals surface area (Å²) in [6, 6.07) is 0. The normalized spacial score (nSPS) is 21.3. The van der Waals surface area contributed by atoms with Crippen LogP contribution in [0.3, 0.4) is 0 Å². The monoisotopic (exact) mass is 357 g/mol. The number of fused-ring (bicyclic) bond motifs is 2. The number of aromatic hydroxyl groups is 1. The average Bonchev–Trinajstić information content (AvgIpc) is 2.49. The number of pyridine rings is 1. The number of carbonyl (C=O) groups is 2. The van der Waals surface area contributed by atoms with E-state index in [0.29, 0.717) is 6.42 Å². The number of carbonyl (C=O) groups excluding carboxylic acids is 1. The van der Waals surface area contributed by atoms with Crippen LogP contribution in [0.5, 0.6) is 5.75 Å².